The van der Waals surface area contributed by atoms with Crippen LogP contribution < -0.4 is 19.5 Å². The van der Waals surface area contributed by atoms with Gasteiger partial charge in [-0.25, -0.2) is 14.2 Å². The van der Waals surface area contributed by atoms with Crippen LogP contribution in [0.25, 0.3) is 11.4 Å². The molecule has 40 heavy (non-hydrogen) atoms. The summed E-state index contributed by atoms with van der Waals surface area (Å²) in [4.78, 5) is 24.8. The number of anilines is 2. The van der Waals surface area contributed by atoms with Crippen molar-refractivity contribution < 1.29 is 29.1 Å². The van der Waals surface area contributed by atoms with Gasteiger partial charge in [-0.15, -0.1) is 0 Å². The van der Waals surface area contributed by atoms with Crippen molar-refractivity contribution in [2.75, 3.05) is 16.9 Å². The third kappa shape index (κ3) is 5.59. The zero-order chi connectivity index (χ0) is 28.2. The predicted octanol–water partition coefficient (Wildman–Crippen LogP) is 3.83. The van der Waals surface area contributed by atoms with Gasteiger partial charge in [0.1, 0.15) is 23.2 Å². The Labute approximate surface area is 236 Å². The molecule has 1 aliphatic heterocycles. The number of nitrogens with one attached hydrogen (secondary N) is 1. The first kappa shape index (κ1) is 26.7. The van der Waals surface area contributed by atoms with E-state index in [-0.39, 0.29) is 25.1 Å². The van der Waals surface area contributed by atoms with Crippen LogP contribution in [0.3, 0.4) is 0 Å². The lowest BCUT2D eigenvalue weighted by Crippen LogP contribution is -2.41. The number of aliphatic carboxylic acids is 2. The highest BCUT2D eigenvalue weighted by molar-refractivity contribution is 7.58. The highest BCUT2D eigenvalue weighted by atomic mass is 32.1. The van der Waals surface area contributed by atoms with E-state index in [4.69, 9.17) is 17.4 Å². The molecule has 1 unspecified atom stereocenters. The highest BCUT2D eigenvalue weighted by Crippen LogP contribution is 2.30. The molecule has 3 N–H and O–H groups in total. The fraction of sp³-hybridized carbons (Fsp3) is 0.172. The summed E-state index contributed by atoms with van der Waals surface area (Å²) in [5.74, 6) is -0.711. The number of ether oxygens (including phenoxy) is 1. The van der Waals surface area contributed by atoms with E-state index in [1.54, 1.807) is 24.3 Å². The van der Waals surface area contributed by atoms with Gasteiger partial charge in [0.2, 0.25) is 5.82 Å². The van der Waals surface area contributed by atoms with E-state index in [0.29, 0.717) is 16.6 Å². The Morgan fingerprint density at radius 1 is 1.05 bits per heavy atom. The number of carboxylic acid groups (broad SMARTS) is 2. The van der Waals surface area contributed by atoms with Crippen LogP contribution in [0.4, 0.5) is 11.4 Å². The summed E-state index contributed by atoms with van der Waals surface area (Å²) in [7, 11) is 0. The van der Waals surface area contributed by atoms with Crippen LogP contribution in [0, 0.1) is 6.92 Å². The molecule has 1 aromatic heterocycles. The summed E-state index contributed by atoms with van der Waals surface area (Å²) in [6.07, 6.45) is 1.78. The Balaban J connectivity index is 1.30. The van der Waals surface area contributed by atoms with E-state index in [1.807, 2.05) is 70.8 Å². The van der Waals surface area contributed by atoms with E-state index in [1.165, 1.54) is 11.1 Å². The Morgan fingerprint density at radius 2 is 1.80 bits per heavy atom. The van der Waals surface area contributed by atoms with Crippen LogP contribution in [0.1, 0.15) is 18.7 Å². The number of carbonyl (C=O) groups is 2. The third-order valence-electron chi connectivity index (χ3n) is 6.62. The minimum Gasteiger partial charge on any atom is -0.702 e. The quantitative estimate of drug-likeness (QED) is 0.160. The van der Waals surface area contributed by atoms with Crippen LogP contribution >= 0.6 is 0 Å². The maximum Gasteiger partial charge on any atom is 0.333 e. The maximum absolute atomic E-state index is 11.8. The molecule has 0 saturated heterocycles. The number of rotatable bonds is 9. The number of aromatic nitrogens is 3. The maximum atomic E-state index is 11.8. The Kier molecular flexibility index (Phi) is 7.65. The van der Waals surface area contributed by atoms with Gasteiger partial charge in [0, 0.05) is 41.7 Å². The standard InChI is InChI=1S/C29H27N5O5S/c1-19-33(29(40)31-34(19)22-8-3-2-4-9-22)24-11-5-7-21(15-24)30-18-39-25-12-6-10-23(16-25)32-17-20(27(35)36)13-14-26(32)28(37)38/h2-12,15-17,26,30H,13-14,18H2,1H3,(H2-,31,35,36,37,38,40). The van der Waals surface area contributed by atoms with Crippen LogP contribution in [-0.4, -0.2) is 44.7 Å². The van der Waals surface area contributed by atoms with Gasteiger partial charge < -0.3 is 37.8 Å². The molecule has 1 atom stereocenters. The van der Waals surface area contributed by atoms with E-state index in [0.717, 1.165) is 22.9 Å². The summed E-state index contributed by atoms with van der Waals surface area (Å²) in [5.41, 5.74) is 3.27. The first-order chi connectivity index (χ1) is 19.3. The number of benzene rings is 3. The largest absolute Gasteiger partial charge is 0.702 e. The van der Waals surface area contributed by atoms with Gasteiger partial charge in [0.05, 0.1) is 5.57 Å². The van der Waals surface area contributed by atoms with Crippen molar-refractivity contribution in [2.24, 2.45) is 0 Å². The molecule has 10 nitrogen and oxygen atoms in total. The summed E-state index contributed by atoms with van der Waals surface area (Å²) >= 11 is 5.56. The lowest BCUT2D eigenvalue weighted by molar-refractivity contribution is -0.643. The number of carboxylic acids is 2. The molecular weight excluding hydrogens is 530 g/mol. The van der Waals surface area contributed by atoms with Gasteiger partial charge in [0.15, 0.2) is 11.9 Å². The van der Waals surface area contributed by atoms with Gasteiger partial charge in [-0.1, -0.05) is 35.0 Å². The zero-order valence-corrected chi connectivity index (χ0v) is 22.4. The molecule has 0 aliphatic carbocycles. The SMILES string of the molecule is Cc1n(-c2ccccc2)nc([S-])[n+]1-c1cccc(NCOc2cccc(N3C=C(C(=O)O)CCC3C(=O)O)c2)c1. The number of hydrogen-bond acceptors (Lipinski definition) is 7. The third-order valence-corrected chi connectivity index (χ3v) is 6.88. The van der Waals surface area contributed by atoms with Crippen molar-refractivity contribution in [1.82, 2.24) is 9.78 Å². The molecule has 0 radical (unpaired) electrons. The summed E-state index contributed by atoms with van der Waals surface area (Å²) in [5, 5.41) is 27.3. The van der Waals surface area contributed by atoms with Gasteiger partial charge in [-0.2, -0.15) is 0 Å². The van der Waals surface area contributed by atoms with Crippen molar-refractivity contribution in [2.45, 2.75) is 31.0 Å². The van der Waals surface area contributed by atoms with Gasteiger partial charge in [-0.05, 0) is 49.2 Å². The van der Waals surface area contributed by atoms with E-state index >= 15 is 0 Å². The average Bonchev–Trinajstić information content (AvgIpc) is 3.26. The van der Waals surface area contributed by atoms with Crippen molar-refractivity contribution in [1.29, 1.82) is 0 Å². The van der Waals surface area contributed by atoms with Crippen molar-refractivity contribution >= 4 is 35.9 Å². The topological polar surface area (TPSA) is 121 Å². The Morgan fingerprint density at radius 3 is 2.55 bits per heavy atom. The molecule has 204 valence electrons. The van der Waals surface area contributed by atoms with Crippen LogP contribution in [0.2, 0.25) is 0 Å². The first-order valence-electron chi connectivity index (χ1n) is 12.6. The second kappa shape index (κ2) is 11.5. The molecule has 0 spiro atoms. The first-order valence-corrected chi connectivity index (χ1v) is 13.0. The van der Waals surface area contributed by atoms with Crippen molar-refractivity contribution in [3.8, 4) is 17.1 Å². The predicted molar refractivity (Wildman–Crippen MR) is 150 cm³/mol. The molecule has 2 heterocycles. The summed E-state index contributed by atoms with van der Waals surface area (Å²) in [6.45, 7) is 2.09. The van der Waals surface area contributed by atoms with Crippen LogP contribution in [0.15, 0.2) is 95.8 Å². The van der Waals surface area contributed by atoms with Crippen molar-refractivity contribution in [3.63, 3.8) is 0 Å². The number of para-hydroxylation sites is 1. The molecular formula is C29H27N5O5S. The second-order valence-electron chi connectivity index (χ2n) is 9.19. The fourth-order valence-electron chi connectivity index (χ4n) is 4.65. The minimum absolute atomic E-state index is 0.138. The lowest BCUT2D eigenvalue weighted by atomic mass is 9.99. The van der Waals surface area contributed by atoms with Gasteiger partial charge >= 0.3 is 11.9 Å². The molecule has 1 aliphatic rings. The molecule has 4 aromatic rings. The molecule has 0 saturated carbocycles. The molecule has 0 fully saturated rings. The number of nitrogens with zero attached hydrogens (tertiary/aromatic N) is 4. The van der Waals surface area contributed by atoms with Gasteiger partial charge in [0.25, 0.3) is 0 Å². The van der Waals surface area contributed by atoms with Crippen LogP contribution in [-0.2, 0) is 22.2 Å². The molecule has 3 aromatic carbocycles. The van der Waals surface area contributed by atoms with E-state index in [9.17, 15) is 19.8 Å². The molecule has 5 rings (SSSR count). The molecule has 0 bridgehead atoms. The summed E-state index contributed by atoms with van der Waals surface area (Å²) < 4.78 is 9.61. The summed E-state index contributed by atoms with van der Waals surface area (Å²) in [6, 6.07) is 23.6. The van der Waals surface area contributed by atoms with Gasteiger partial charge in [-0.3, -0.25) is 0 Å². The van der Waals surface area contributed by atoms with Crippen molar-refractivity contribution in [3.05, 3.63) is 96.5 Å². The Hall–Kier alpha value is -4.90. The monoisotopic (exact) mass is 557 g/mol. The second-order valence-corrected chi connectivity index (χ2v) is 9.55. The molecule has 0 amide bonds. The Bertz CT molecular complexity index is 1590. The average molecular weight is 558 g/mol. The number of hydrogen-bond donors (Lipinski definition) is 3. The molecule has 11 heteroatoms. The highest BCUT2D eigenvalue weighted by Gasteiger charge is 2.30. The van der Waals surface area contributed by atoms with E-state index < -0.39 is 18.0 Å². The zero-order valence-electron chi connectivity index (χ0n) is 21.6. The smallest absolute Gasteiger partial charge is 0.333 e. The van der Waals surface area contributed by atoms with Crippen LogP contribution in [0.5, 0.6) is 5.75 Å². The lowest BCUT2D eigenvalue weighted by Gasteiger charge is -2.32. The minimum atomic E-state index is -1.06. The fourth-order valence-corrected chi connectivity index (χ4v) is 4.97. The normalized spacial score (nSPS) is 14.9. The van der Waals surface area contributed by atoms with E-state index in [2.05, 4.69) is 10.4 Å².